The van der Waals surface area contributed by atoms with Crippen molar-refractivity contribution in [3.8, 4) is 11.4 Å². The average molecular weight is 510 g/mol. The molecule has 1 saturated heterocycles. The highest BCUT2D eigenvalue weighted by molar-refractivity contribution is 6.51. The number of amides is 1. The zero-order chi connectivity index (χ0) is 27.1. The molecule has 3 aromatic carbocycles. The van der Waals surface area contributed by atoms with Crippen molar-refractivity contribution in [3.05, 3.63) is 117 Å². The first-order valence-electron chi connectivity index (χ1n) is 12.1. The fourth-order valence-corrected chi connectivity index (χ4v) is 4.86. The Kier molecular flexibility index (Phi) is 6.24. The number of nitrogens with zero attached hydrogens (tertiary/aromatic N) is 3. The third-order valence-corrected chi connectivity index (χ3v) is 6.97. The highest BCUT2D eigenvalue weighted by atomic mass is 16.5. The Labute approximate surface area is 219 Å². The molecule has 1 fully saturated rings. The molecule has 8 heteroatoms. The van der Waals surface area contributed by atoms with Gasteiger partial charge in [0, 0.05) is 12.6 Å². The van der Waals surface area contributed by atoms with Gasteiger partial charge in [-0.05, 0) is 43.7 Å². The van der Waals surface area contributed by atoms with Gasteiger partial charge in [0.1, 0.15) is 17.2 Å². The maximum absolute atomic E-state index is 13.8. The lowest BCUT2D eigenvalue weighted by Crippen LogP contribution is -2.34. The van der Waals surface area contributed by atoms with E-state index in [4.69, 9.17) is 4.74 Å². The summed E-state index contributed by atoms with van der Waals surface area (Å²) < 4.78 is 8.38. The number of carbonyl (C=O) groups excluding carboxylic acids is 2. The summed E-state index contributed by atoms with van der Waals surface area (Å²) in [6.45, 7) is 3.64. The third-order valence-electron chi connectivity index (χ3n) is 6.97. The standard InChI is InChI=1S/C30H27N3O5/c1-18-10-12-21(13-11-18)27(34)24-26(20-14-16-23(38-4)17-15-20)32(30(37)28(24)35)25-19(2)31(3)33(29(25)36)22-8-6-5-7-9-22/h5-17,26,34H,1-4H3. The molecule has 1 atom stereocenters. The van der Waals surface area contributed by atoms with Gasteiger partial charge < -0.3 is 9.84 Å². The van der Waals surface area contributed by atoms with Crippen molar-refractivity contribution in [1.29, 1.82) is 0 Å². The Bertz CT molecular complexity index is 1630. The molecule has 0 radical (unpaired) electrons. The predicted octanol–water partition coefficient (Wildman–Crippen LogP) is 4.43. The predicted molar refractivity (Wildman–Crippen MR) is 145 cm³/mol. The maximum atomic E-state index is 13.8. The van der Waals surface area contributed by atoms with Gasteiger partial charge in [-0.3, -0.25) is 24.0 Å². The van der Waals surface area contributed by atoms with E-state index >= 15 is 0 Å². The Hall–Kier alpha value is -4.85. The van der Waals surface area contributed by atoms with Crippen LogP contribution in [0.3, 0.4) is 0 Å². The monoisotopic (exact) mass is 509 g/mol. The Morgan fingerprint density at radius 3 is 2.11 bits per heavy atom. The minimum absolute atomic E-state index is 0.0715. The van der Waals surface area contributed by atoms with Gasteiger partial charge in [-0.15, -0.1) is 0 Å². The number of aryl methyl sites for hydroxylation is 1. The number of anilines is 1. The van der Waals surface area contributed by atoms with Crippen molar-refractivity contribution >= 4 is 23.1 Å². The highest BCUT2D eigenvalue weighted by Gasteiger charge is 2.49. The molecule has 0 aliphatic carbocycles. The van der Waals surface area contributed by atoms with Crippen molar-refractivity contribution in [2.45, 2.75) is 19.9 Å². The summed E-state index contributed by atoms with van der Waals surface area (Å²) in [7, 11) is 3.26. The minimum atomic E-state index is -1.03. The Morgan fingerprint density at radius 1 is 0.868 bits per heavy atom. The summed E-state index contributed by atoms with van der Waals surface area (Å²) in [4.78, 5) is 42.2. The van der Waals surface area contributed by atoms with E-state index in [9.17, 15) is 19.5 Å². The van der Waals surface area contributed by atoms with Crippen LogP contribution in [0.5, 0.6) is 5.75 Å². The van der Waals surface area contributed by atoms with E-state index in [-0.39, 0.29) is 17.0 Å². The van der Waals surface area contributed by atoms with Gasteiger partial charge in [0.2, 0.25) is 0 Å². The molecule has 0 spiro atoms. The second-order valence-electron chi connectivity index (χ2n) is 9.22. The zero-order valence-corrected chi connectivity index (χ0v) is 21.5. The van der Waals surface area contributed by atoms with E-state index in [1.54, 1.807) is 67.2 Å². The van der Waals surface area contributed by atoms with E-state index in [0.717, 1.165) is 5.56 Å². The summed E-state index contributed by atoms with van der Waals surface area (Å²) in [6, 6.07) is 21.9. The number of benzene rings is 3. The van der Waals surface area contributed by atoms with Crippen LogP contribution in [-0.4, -0.2) is 33.3 Å². The molecule has 5 rings (SSSR count). The summed E-state index contributed by atoms with van der Waals surface area (Å²) in [5.41, 5.74) is 2.58. The van der Waals surface area contributed by atoms with Gasteiger partial charge in [0.15, 0.2) is 0 Å². The van der Waals surface area contributed by atoms with Crippen molar-refractivity contribution in [2.75, 3.05) is 12.0 Å². The lowest BCUT2D eigenvalue weighted by molar-refractivity contribution is -0.132. The number of rotatable bonds is 5. The molecule has 2 heterocycles. The summed E-state index contributed by atoms with van der Waals surface area (Å²) in [6.07, 6.45) is 0. The zero-order valence-electron chi connectivity index (χ0n) is 21.5. The Morgan fingerprint density at radius 2 is 1.50 bits per heavy atom. The number of aliphatic hydroxyl groups excluding tert-OH is 1. The van der Waals surface area contributed by atoms with E-state index in [0.29, 0.717) is 28.3 Å². The summed E-state index contributed by atoms with van der Waals surface area (Å²) in [5, 5.41) is 11.3. The van der Waals surface area contributed by atoms with Crippen LogP contribution >= 0.6 is 0 Å². The van der Waals surface area contributed by atoms with Gasteiger partial charge in [-0.2, -0.15) is 0 Å². The number of Topliss-reactive ketones (excluding diaryl/α,β-unsaturated/α-hetero) is 1. The molecular formula is C30H27N3O5. The fourth-order valence-electron chi connectivity index (χ4n) is 4.86. The van der Waals surface area contributed by atoms with Gasteiger partial charge in [-0.1, -0.05) is 60.2 Å². The number of ether oxygens (including phenoxy) is 1. The molecule has 1 amide bonds. The van der Waals surface area contributed by atoms with Crippen LogP contribution in [0.25, 0.3) is 11.4 Å². The third kappa shape index (κ3) is 3.91. The van der Waals surface area contributed by atoms with Crippen LogP contribution in [0.4, 0.5) is 5.69 Å². The van der Waals surface area contributed by atoms with Crippen LogP contribution in [0.2, 0.25) is 0 Å². The number of aliphatic hydroxyl groups is 1. The van der Waals surface area contributed by atoms with Crippen molar-refractivity contribution < 1.29 is 19.4 Å². The minimum Gasteiger partial charge on any atom is -0.507 e. The molecule has 4 aromatic rings. The molecule has 1 aliphatic rings. The normalized spacial score (nSPS) is 16.7. The SMILES string of the molecule is COc1ccc(C2C(=C(O)c3ccc(C)cc3)C(=O)C(=O)N2c2c(C)n(C)n(-c3ccccc3)c2=O)cc1. The van der Waals surface area contributed by atoms with E-state index in [1.807, 2.05) is 37.3 Å². The first-order chi connectivity index (χ1) is 18.2. The number of aromatic nitrogens is 2. The molecule has 0 bridgehead atoms. The van der Waals surface area contributed by atoms with E-state index in [1.165, 1.54) is 16.7 Å². The quantitative estimate of drug-likeness (QED) is 0.244. The van der Waals surface area contributed by atoms with E-state index in [2.05, 4.69) is 0 Å². The van der Waals surface area contributed by atoms with Crippen molar-refractivity contribution in [3.63, 3.8) is 0 Å². The molecule has 192 valence electrons. The van der Waals surface area contributed by atoms with Crippen molar-refractivity contribution in [1.82, 2.24) is 9.36 Å². The lowest BCUT2D eigenvalue weighted by atomic mass is 9.95. The van der Waals surface area contributed by atoms with Crippen LogP contribution in [0, 0.1) is 13.8 Å². The maximum Gasteiger partial charge on any atom is 0.300 e. The van der Waals surface area contributed by atoms with E-state index < -0.39 is 23.3 Å². The molecule has 1 aliphatic heterocycles. The first kappa shape index (κ1) is 24.8. The van der Waals surface area contributed by atoms with Crippen LogP contribution in [0.15, 0.2) is 89.2 Å². The van der Waals surface area contributed by atoms with Crippen LogP contribution in [-0.2, 0) is 16.6 Å². The first-order valence-corrected chi connectivity index (χ1v) is 12.1. The number of ketones is 1. The number of hydrogen-bond donors (Lipinski definition) is 1. The summed E-state index contributed by atoms with van der Waals surface area (Å²) in [5.74, 6) is -1.46. The Balaban J connectivity index is 1.77. The number of hydrogen-bond acceptors (Lipinski definition) is 5. The molecule has 0 saturated carbocycles. The van der Waals surface area contributed by atoms with Gasteiger partial charge in [0.05, 0.1) is 30.1 Å². The molecule has 1 aromatic heterocycles. The fraction of sp³-hybridized carbons (Fsp3) is 0.167. The van der Waals surface area contributed by atoms with Crippen LogP contribution < -0.4 is 15.2 Å². The molecule has 1 unspecified atom stereocenters. The van der Waals surface area contributed by atoms with Gasteiger partial charge in [0.25, 0.3) is 17.2 Å². The summed E-state index contributed by atoms with van der Waals surface area (Å²) >= 11 is 0. The molecular weight excluding hydrogens is 482 g/mol. The number of methoxy groups -OCH3 is 1. The number of carbonyl (C=O) groups is 2. The van der Waals surface area contributed by atoms with Gasteiger partial charge in [-0.25, -0.2) is 4.68 Å². The smallest absolute Gasteiger partial charge is 0.300 e. The number of para-hydroxylation sites is 1. The van der Waals surface area contributed by atoms with Crippen LogP contribution in [0.1, 0.15) is 28.4 Å². The molecule has 8 nitrogen and oxygen atoms in total. The largest absolute Gasteiger partial charge is 0.507 e. The average Bonchev–Trinajstić information content (AvgIpc) is 3.31. The second-order valence-corrected chi connectivity index (χ2v) is 9.22. The van der Waals surface area contributed by atoms with Gasteiger partial charge >= 0.3 is 0 Å². The lowest BCUT2D eigenvalue weighted by Gasteiger charge is -2.24. The van der Waals surface area contributed by atoms with Crippen molar-refractivity contribution in [2.24, 2.45) is 7.05 Å². The second kappa shape index (κ2) is 9.55. The molecule has 38 heavy (non-hydrogen) atoms. The highest BCUT2D eigenvalue weighted by Crippen LogP contribution is 2.42. The topological polar surface area (TPSA) is 93.8 Å². The molecule has 1 N–H and O–H groups in total.